The summed E-state index contributed by atoms with van der Waals surface area (Å²) < 4.78 is 10.6. The highest BCUT2D eigenvalue weighted by Gasteiger charge is 2.63. The van der Waals surface area contributed by atoms with Crippen LogP contribution >= 0.6 is 0 Å². The molecule has 136 valence electrons. The van der Waals surface area contributed by atoms with Crippen molar-refractivity contribution < 1.29 is 23.9 Å². The molecule has 0 aliphatic heterocycles. The Bertz CT molecular complexity index is 753. The van der Waals surface area contributed by atoms with E-state index in [2.05, 4.69) is 12.2 Å². The molecule has 5 heteroatoms. The number of carbonyl (C=O) groups is 3. The Morgan fingerprint density at radius 1 is 0.923 bits per heavy atom. The summed E-state index contributed by atoms with van der Waals surface area (Å²) in [6, 6.07) is 8.74. The Morgan fingerprint density at radius 2 is 1.50 bits per heavy atom. The molecule has 5 rings (SSSR count). The summed E-state index contributed by atoms with van der Waals surface area (Å²) >= 11 is 0. The number of hydrogen-bond donors (Lipinski definition) is 0. The van der Waals surface area contributed by atoms with E-state index in [1.165, 1.54) is 0 Å². The summed E-state index contributed by atoms with van der Waals surface area (Å²) in [6.07, 6.45) is 5.17. The van der Waals surface area contributed by atoms with Crippen molar-refractivity contribution in [2.75, 3.05) is 13.2 Å². The lowest BCUT2D eigenvalue weighted by molar-refractivity contribution is -0.167. The third-order valence-corrected chi connectivity index (χ3v) is 5.92. The van der Waals surface area contributed by atoms with Gasteiger partial charge in [-0.1, -0.05) is 42.5 Å². The van der Waals surface area contributed by atoms with Gasteiger partial charge in [-0.15, -0.1) is 0 Å². The van der Waals surface area contributed by atoms with E-state index in [0.717, 1.165) is 6.42 Å². The van der Waals surface area contributed by atoms with E-state index in [0.29, 0.717) is 24.0 Å². The first-order chi connectivity index (χ1) is 12.6. The first kappa shape index (κ1) is 17.0. The van der Waals surface area contributed by atoms with Gasteiger partial charge in [0.25, 0.3) is 0 Å². The number of ether oxygens (including phenoxy) is 2. The Labute approximate surface area is 152 Å². The number of hydrogen-bond acceptors (Lipinski definition) is 5. The lowest BCUT2D eigenvalue weighted by Crippen LogP contribution is -2.48. The van der Waals surface area contributed by atoms with Crippen LogP contribution in [0.2, 0.25) is 0 Å². The molecule has 2 fully saturated rings. The fraction of sp³-hybridized carbons (Fsp3) is 0.476. The molecule has 1 aromatic carbocycles. The summed E-state index contributed by atoms with van der Waals surface area (Å²) in [5.74, 6) is -1.07. The Balaban J connectivity index is 1.47. The van der Waals surface area contributed by atoms with Crippen molar-refractivity contribution in [1.29, 1.82) is 0 Å². The van der Waals surface area contributed by atoms with E-state index >= 15 is 0 Å². The molecule has 2 bridgehead atoms. The van der Waals surface area contributed by atoms with E-state index in [1.54, 1.807) is 31.2 Å². The average Bonchev–Trinajstić information content (AvgIpc) is 3.48. The molecule has 0 spiro atoms. The lowest BCUT2D eigenvalue weighted by Gasteiger charge is -2.41. The van der Waals surface area contributed by atoms with Crippen molar-refractivity contribution in [3.8, 4) is 0 Å². The first-order valence-electron chi connectivity index (χ1n) is 9.21. The van der Waals surface area contributed by atoms with Crippen LogP contribution < -0.4 is 0 Å². The molecule has 0 saturated heterocycles. The van der Waals surface area contributed by atoms with Crippen molar-refractivity contribution >= 4 is 17.7 Å². The first-order valence-corrected chi connectivity index (χ1v) is 9.21. The third kappa shape index (κ3) is 2.85. The van der Waals surface area contributed by atoms with Gasteiger partial charge < -0.3 is 9.47 Å². The van der Waals surface area contributed by atoms with Gasteiger partial charge in [0.05, 0.1) is 18.4 Å². The topological polar surface area (TPSA) is 69.7 Å². The van der Waals surface area contributed by atoms with Gasteiger partial charge in [-0.3, -0.25) is 14.4 Å². The van der Waals surface area contributed by atoms with Crippen LogP contribution in [0.4, 0.5) is 0 Å². The van der Waals surface area contributed by atoms with E-state index in [9.17, 15) is 14.4 Å². The second kappa shape index (κ2) is 6.71. The average molecular weight is 354 g/mol. The van der Waals surface area contributed by atoms with E-state index in [4.69, 9.17) is 9.47 Å². The normalized spacial score (nSPS) is 33.3. The van der Waals surface area contributed by atoms with Gasteiger partial charge in [0, 0.05) is 5.56 Å². The highest BCUT2D eigenvalue weighted by Crippen LogP contribution is 2.63. The molecular weight excluding hydrogens is 332 g/mol. The maximum Gasteiger partial charge on any atom is 0.310 e. The fourth-order valence-electron chi connectivity index (χ4n) is 4.70. The summed E-state index contributed by atoms with van der Waals surface area (Å²) in [6.45, 7) is 1.75. The van der Waals surface area contributed by atoms with Crippen molar-refractivity contribution in [2.24, 2.45) is 35.5 Å². The zero-order valence-electron chi connectivity index (χ0n) is 14.7. The van der Waals surface area contributed by atoms with Crippen molar-refractivity contribution in [1.82, 2.24) is 0 Å². The van der Waals surface area contributed by atoms with Crippen LogP contribution in [-0.2, 0) is 19.1 Å². The highest BCUT2D eigenvalue weighted by molar-refractivity contribution is 5.98. The minimum absolute atomic E-state index is 0.0127. The molecule has 4 aliphatic carbocycles. The molecule has 0 N–H and O–H groups in total. The number of esters is 2. The minimum atomic E-state index is -0.545. The van der Waals surface area contributed by atoms with Crippen LogP contribution in [0.1, 0.15) is 23.7 Å². The van der Waals surface area contributed by atoms with Crippen LogP contribution in [0.15, 0.2) is 42.5 Å². The zero-order valence-corrected chi connectivity index (χ0v) is 14.7. The Morgan fingerprint density at radius 3 is 2.08 bits per heavy atom. The summed E-state index contributed by atoms with van der Waals surface area (Å²) in [5, 5.41) is 0. The third-order valence-electron chi connectivity index (χ3n) is 5.92. The second-order valence-electron chi connectivity index (χ2n) is 7.30. The molecule has 5 nitrogen and oxygen atoms in total. The maximum atomic E-state index is 12.8. The Kier molecular flexibility index (Phi) is 4.39. The molecule has 0 unspecified atom stereocenters. The van der Waals surface area contributed by atoms with E-state index in [1.807, 2.05) is 6.07 Å². The Hall–Kier alpha value is -2.43. The quantitative estimate of drug-likeness (QED) is 0.446. The summed E-state index contributed by atoms with van der Waals surface area (Å²) in [4.78, 5) is 37.5. The largest absolute Gasteiger partial charge is 0.466 e. The molecule has 0 radical (unpaired) electrons. The second-order valence-corrected chi connectivity index (χ2v) is 7.30. The van der Waals surface area contributed by atoms with Gasteiger partial charge >= 0.3 is 11.9 Å². The number of ketones is 1. The lowest BCUT2D eigenvalue weighted by atomic mass is 9.62. The van der Waals surface area contributed by atoms with Gasteiger partial charge in [-0.25, -0.2) is 0 Å². The van der Waals surface area contributed by atoms with Gasteiger partial charge in [0.1, 0.15) is 0 Å². The van der Waals surface area contributed by atoms with Crippen LogP contribution in [-0.4, -0.2) is 30.9 Å². The molecule has 6 atom stereocenters. The van der Waals surface area contributed by atoms with Crippen molar-refractivity contribution in [3.05, 3.63) is 48.0 Å². The van der Waals surface area contributed by atoms with E-state index in [-0.39, 0.29) is 30.2 Å². The number of allylic oxidation sites excluding steroid dienone is 2. The van der Waals surface area contributed by atoms with Crippen LogP contribution in [0.3, 0.4) is 0 Å². The maximum absolute atomic E-state index is 12.8. The molecule has 26 heavy (non-hydrogen) atoms. The van der Waals surface area contributed by atoms with Gasteiger partial charge in [-0.05, 0) is 37.0 Å². The highest BCUT2D eigenvalue weighted by atomic mass is 16.5. The molecular formula is C21H22O5. The summed E-state index contributed by atoms with van der Waals surface area (Å²) in [7, 11) is 0. The van der Waals surface area contributed by atoms with Crippen molar-refractivity contribution in [2.45, 2.75) is 13.3 Å². The summed E-state index contributed by atoms with van der Waals surface area (Å²) in [5.41, 5.74) is 0.509. The number of rotatable bonds is 6. The number of Topliss-reactive ketones (excluding diaryl/α,β-unsaturated/α-hetero) is 1. The molecule has 1 aromatic rings. The number of fused-ring (bicyclic) bond motifs is 1. The monoisotopic (exact) mass is 354 g/mol. The smallest absolute Gasteiger partial charge is 0.310 e. The van der Waals surface area contributed by atoms with Gasteiger partial charge in [0.15, 0.2) is 12.4 Å². The number of benzene rings is 1. The molecule has 4 aliphatic rings. The minimum Gasteiger partial charge on any atom is -0.466 e. The molecule has 0 amide bonds. The van der Waals surface area contributed by atoms with Crippen LogP contribution in [0, 0.1) is 35.5 Å². The molecule has 0 aromatic heterocycles. The van der Waals surface area contributed by atoms with Gasteiger partial charge in [0.2, 0.25) is 0 Å². The molecule has 2 saturated carbocycles. The molecule has 0 heterocycles. The SMILES string of the molecule is CCOC(=O)[C@@H]1[C@H]2C=C[C@H]([C@H]3C[C@H]23)[C@@H]1C(=O)OCC(=O)c1ccccc1. The van der Waals surface area contributed by atoms with Crippen molar-refractivity contribution in [3.63, 3.8) is 0 Å². The van der Waals surface area contributed by atoms with Crippen LogP contribution in [0.25, 0.3) is 0 Å². The van der Waals surface area contributed by atoms with Gasteiger partial charge in [-0.2, -0.15) is 0 Å². The van der Waals surface area contributed by atoms with E-state index < -0.39 is 17.8 Å². The van der Waals surface area contributed by atoms with Crippen LogP contribution in [0.5, 0.6) is 0 Å². The predicted octanol–water partition coefficient (Wildman–Crippen LogP) is 2.66. The standard InChI is InChI=1S/C21H22O5/c1-2-25-20(23)18-13-8-9-14(16-10-15(13)16)19(18)21(24)26-11-17(22)12-6-4-3-5-7-12/h3-9,13-16,18-19H,2,10-11H2,1H3/t13-,14+,15+,16+,18+,19-/m0/s1. The number of carbonyl (C=O) groups excluding carboxylic acids is 3. The predicted molar refractivity (Wildman–Crippen MR) is 93.1 cm³/mol. The fourth-order valence-corrected chi connectivity index (χ4v) is 4.70. The zero-order chi connectivity index (χ0) is 18.3.